The maximum absolute atomic E-state index is 5.81. The Kier molecular flexibility index (Phi) is 4.15. The molecule has 0 aliphatic heterocycles. The molecule has 0 aliphatic carbocycles. The topological polar surface area (TPSA) is 21.3 Å². The van der Waals surface area contributed by atoms with Gasteiger partial charge in [0.05, 0.1) is 6.61 Å². The second-order valence-corrected chi connectivity index (χ2v) is 4.75. The van der Waals surface area contributed by atoms with Crippen molar-refractivity contribution in [3.8, 4) is 5.75 Å². The third kappa shape index (κ3) is 3.92. The van der Waals surface area contributed by atoms with Gasteiger partial charge >= 0.3 is 0 Å². The lowest BCUT2D eigenvalue weighted by Crippen LogP contribution is -2.32. The molecule has 0 radical (unpaired) electrons. The van der Waals surface area contributed by atoms with Gasteiger partial charge in [0.25, 0.3) is 0 Å². The van der Waals surface area contributed by atoms with Crippen molar-refractivity contribution < 1.29 is 4.74 Å². The van der Waals surface area contributed by atoms with Crippen LogP contribution in [-0.4, -0.2) is 20.2 Å². The molecule has 0 spiro atoms. The zero-order chi connectivity index (χ0) is 11.3. The molecule has 15 heavy (non-hydrogen) atoms. The molecule has 2 heteroatoms. The highest BCUT2D eigenvalue weighted by Crippen LogP contribution is 2.20. The molecule has 84 valence electrons. The van der Waals surface area contributed by atoms with Crippen LogP contribution < -0.4 is 10.1 Å². The fourth-order valence-electron chi connectivity index (χ4n) is 1.52. The van der Waals surface area contributed by atoms with E-state index in [-0.39, 0.29) is 5.41 Å². The standard InChI is InChI=1S/C13H21NO/c1-11-7-5-6-8-12(11)15-10-13(2,3)9-14-4/h5-8,14H,9-10H2,1-4H3. The summed E-state index contributed by atoms with van der Waals surface area (Å²) >= 11 is 0. The predicted molar refractivity (Wildman–Crippen MR) is 64.4 cm³/mol. The van der Waals surface area contributed by atoms with Crippen LogP contribution in [0.4, 0.5) is 0 Å². The Labute approximate surface area is 92.6 Å². The van der Waals surface area contributed by atoms with Gasteiger partial charge in [-0.2, -0.15) is 0 Å². The van der Waals surface area contributed by atoms with Crippen LogP contribution >= 0.6 is 0 Å². The Hall–Kier alpha value is -1.02. The SMILES string of the molecule is CNCC(C)(C)COc1ccccc1C. The van der Waals surface area contributed by atoms with E-state index in [2.05, 4.69) is 32.2 Å². The van der Waals surface area contributed by atoms with Gasteiger partial charge in [-0.3, -0.25) is 0 Å². The summed E-state index contributed by atoms with van der Waals surface area (Å²) in [7, 11) is 1.97. The summed E-state index contributed by atoms with van der Waals surface area (Å²) in [6.45, 7) is 8.15. The van der Waals surface area contributed by atoms with Crippen LogP contribution in [0, 0.1) is 12.3 Å². The van der Waals surface area contributed by atoms with E-state index in [0.717, 1.165) is 18.9 Å². The van der Waals surface area contributed by atoms with Gasteiger partial charge in [-0.15, -0.1) is 0 Å². The number of nitrogens with one attached hydrogen (secondary N) is 1. The Morgan fingerprint density at radius 2 is 1.93 bits per heavy atom. The molecule has 0 bridgehead atoms. The average Bonchev–Trinajstić information content (AvgIpc) is 2.16. The second-order valence-electron chi connectivity index (χ2n) is 4.75. The normalized spacial score (nSPS) is 11.5. The van der Waals surface area contributed by atoms with Crippen LogP contribution in [-0.2, 0) is 0 Å². The first-order valence-electron chi connectivity index (χ1n) is 5.38. The summed E-state index contributed by atoms with van der Waals surface area (Å²) in [5.74, 6) is 0.988. The third-order valence-electron chi connectivity index (χ3n) is 2.37. The van der Waals surface area contributed by atoms with Crippen molar-refractivity contribution in [2.24, 2.45) is 5.41 Å². The molecule has 0 heterocycles. The molecule has 0 atom stereocenters. The Morgan fingerprint density at radius 3 is 2.53 bits per heavy atom. The molecule has 1 rings (SSSR count). The van der Waals surface area contributed by atoms with Crippen LogP contribution in [0.3, 0.4) is 0 Å². The van der Waals surface area contributed by atoms with Gasteiger partial charge < -0.3 is 10.1 Å². The van der Waals surface area contributed by atoms with Crippen LogP contribution in [0.25, 0.3) is 0 Å². The Balaban J connectivity index is 2.53. The summed E-state index contributed by atoms with van der Waals surface area (Å²) in [5.41, 5.74) is 1.36. The first-order chi connectivity index (χ1) is 7.05. The van der Waals surface area contributed by atoms with Gasteiger partial charge in [-0.1, -0.05) is 32.0 Å². The van der Waals surface area contributed by atoms with Gasteiger partial charge in [0, 0.05) is 12.0 Å². The van der Waals surface area contributed by atoms with Crippen molar-refractivity contribution in [2.45, 2.75) is 20.8 Å². The average molecular weight is 207 g/mol. The lowest BCUT2D eigenvalue weighted by atomic mass is 9.95. The predicted octanol–water partition coefficient (Wildman–Crippen LogP) is 2.62. The van der Waals surface area contributed by atoms with Crippen molar-refractivity contribution in [3.63, 3.8) is 0 Å². The summed E-state index contributed by atoms with van der Waals surface area (Å²) in [6, 6.07) is 8.12. The van der Waals surface area contributed by atoms with Crippen LogP contribution in [0.2, 0.25) is 0 Å². The molecule has 1 aromatic rings. The summed E-state index contributed by atoms with van der Waals surface area (Å²) in [6.07, 6.45) is 0. The molecule has 0 amide bonds. The number of para-hydroxylation sites is 1. The fourth-order valence-corrected chi connectivity index (χ4v) is 1.52. The molecule has 2 nitrogen and oxygen atoms in total. The van der Waals surface area contributed by atoms with Gasteiger partial charge in [0.2, 0.25) is 0 Å². The van der Waals surface area contributed by atoms with Crippen molar-refractivity contribution in [1.82, 2.24) is 5.32 Å². The molecular formula is C13H21NO. The number of aryl methyl sites for hydroxylation is 1. The van der Waals surface area contributed by atoms with Crippen LogP contribution in [0.5, 0.6) is 5.75 Å². The minimum atomic E-state index is 0.164. The van der Waals surface area contributed by atoms with Crippen LogP contribution in [0.1, 0.15) is 19.4 Å². The second kappa shape index (κ2) is 5.17. The summed E-state index contributed by atoms with van der Waals surface area (Å²) in [4.78, 5) is 0. The molecular weight excluding hydrogens is 186 g/mol. The first-order valence-corrected chi connectivity index (χ1v) is 5.38. The van der Waals surface area contributed by atoms with E-state index in [4.69, 9.17) is 4.74 Å². The highest BCUT2D eigenvalue weighted by molar-refractivity contribution is 5.31. The molecule has 0 aliphatic rings. The van der Waals surface area contributed by atoms with E-state index in [1.54, 1.807) is 0 Å². The van der Waals surface area contributed by atoms with Gasteiger partial charge in [0.1, 0.15) is 5.75 Å². The molecule has 0 saturated carbocycles. The summed E-state index contributed by atoms with van der Waals surface area (Å²) < 4.78 is 5.81. The Bertz CT molecular complexity index is 307. The largest absolute Gasteiger partial charge is 0.493 e. The van der Waals surface area contributed by atoms with E-state index in [1.165, 1.54) is 5.56 Å². The highest BCUT2D eigenvalue weighted by atomic mass is 16.5. The number of hydrogen-bond acceptors (Lipinski definition) is 2. The lowest BCUT2D eigenvalue weighted by Gasteiger charge is -2.24. The number of rotatable bonds is 5. The van der Waals surface area contributed by atoms with Gasteiger partial charge in [0.15, 0.2) is 0 Å². The van der Waals surface area contributed by atoms with E-state index in [1.807, 2.05) is 25.2 Å². The monoisotopic (exact) mass is 207 g/mol. The van der Waals surface area contributed by atoms with Gasteiger partial charge in [-0.05, 0) is 25.6 Å². The van der Waals surface area contributed by atoms with E-state index in [0.29, 0.717) is 0 Å². The zero-order valence-corrected chi connectivity index (χ0v) is 10.1. The minimum Gasteiger partial charge on any atom is -0.493 e. The molecule has 1 N–H and O–H groups in total. The van der Waals surface area contributed by atoms with E-state index >= 15 is 0 Å². The third-order valence-corrected chi connectivity index (χ3v) is 2.37. The molecule has 0 fully saturated rings. The maximum atomic E-state index is 5.81. The molecule has 1 aromatic carbocycles. The molecule has 0 unspecified atom stereocenters. The van der Waals surface area contributed by atoms with Crippen LogP contribution in [0.15, 0.2) is 24.3 Å². The lowest BCUT2D eigenvalue weighted by molar-refractivity contribution is 0.178. The minimum absolute atomic E-state index is 0.164. The van der Waals surface area contributed by atoms with E-state index in [9.17, 15) is 0 Å². The molecule has 0 aromatic heterocycles. The zero-order valence-electron chi connectivity index (χ0n) is 10.1. The summed E-state index contributed by atoms with van der Waals surface area (Å²) in [5, 5.41) is 3.18. The number of hydrogen-bond donors (Lipinski definition) is 1. The molecule has 0 saturated heterocycles. The Morgan fingerprint density at radius 1 is 1.27 bits per heavy atom. The van der Waals surface area contributed by atoms with E-state index < -0.39 is 0 Å². The van der Waals surface area contributed by atoms with Crippen molar-refractivity contribution in [1.29, 1.82) is 0 Å². The van der Waals surface area contributed by atoms with Gasteiger partial charge in [-0.25, -0.2) is 0 Å². The maximum Gasteiger partial charge on any atom is 0.122 e. The van der Waals surface area contributed by atoms with Crippen molar-refractivity contribution in [3.05, 3.63) is 29.8 Å². The number of ether oxygens (including phenoxy) is 1. The van der Waals surface area contributed by atoms with Crippen molar-refractivity contribution >= 4 is 0 Å². The smallest absolute Gasteiger partial charge is 0.122 e. The highest BCUT2D eigenvalue weighted by Gasteiger charge is 2.17. The van der Waals surface area contributed by atoms with Crippen molar-refractivity contribution in [2.75, 3.05) is 20.2 Å². The first kappa shape index (κ1) is 12.1. The quantitative estimate of drug-likeness (QED) is 0.801. The fraction of sp³-hybridized carbons (Fsp3) is 0.538. The number of benzene rings is 1.